The molecule has 31 heavy (non-hydrogen) atoms. The van der Waals surface area contributed by atoms with E-state index in [2.05, 4.69) is 40.9 Å². The van der Waals surface area contributed by atoms with E-state index in [0.717, 1.165) is 49.3 Å². The highest BCUT2D eigenvalue weighted by molar-refractivity contribution is 7.14. The second kappa shape index (κ2) is 10.1. The van der Waals surface area contributed by atoms with Gasteiger partial charge in [0, 0.05) is 49.4 Å². The van der Waals surface area contributed by atoms with Crippen molar-refractivity contribution in [1.82, 2.24) is 10.2 Å². The van der Waals surface area contributed by atoms with Gasteiger partial charge in [-0.15, -0.1) is 11.3 Å². The molecule has 1 fully saturated rings. The minimum atomic E-state index is -0.371. The molecule has 0 radical (unpaired) electrons. The highest BCUT2D eigenvalue weighted by Crippen LogP contribution is 2.34. The van der Waals surface area contributed by atoms with E-state index >= 15 is 0 Å². The molecule has 2 aliphatic heterocycles. The molecule has 1 aromatic rings. The number of hydrogen-bond donors (Lipinski definition) is 1. The van der Waals surface area contributed by atoms with Gasteiger partial charge in [-0.1, -0.05) is 5.57 Å². The van der Waals surface area contributed by atoms with Crippen molar-refractivity contribution >= 4 is 33.9 Å². The molecule has 3 heterocycles. The molecule has 0 bridgehead atoms. The van der Waals surface area contributed by atoms with Gasteiger partial charge >= 0.3 is 0 Å². The molecule has 170 valence electrons. The van der Waals surface area contributed by atoms with E-state index in [4.69, 9.17) is 0 Å². The van der Waals surface area contributed by atoms with E-state index < -0.39 is 0 Å². The van der Waals surface area contributed by atoms with Crippen molar-refractivity contribution in [1.29, 1.82) is 0 Å². The number of amides is 2. The minimum Gasteiger partial charge on any atom is -0.360 e. The summed E-state index contributed by atoms with van der Waals surface area (Å²) >= 11 is 1.65. The van der Waals surface area contributed by atoms with Crippen LogP contribution in [0.15, 0.2) is 22.0 Å². The van der Waals surface area contributed by atoms with Crippen LogP contribution in [0.4, 0.5) is 5.00 Å². The molecule has 1 atom stereocenters. The first-order valence-corrected chi connectivity index (χ1v) is 12.2. The Hall–Kier alpha value is -1.99. The second-order valence-corrected chi connectivity index (χ2v) is 9.83. The van der Waals surface area contributed by atoms with Crippen LogP contribution < -0.4 is 10.2 Å². The lowest BCUT2D eigenvalue weighted by Gasteiger charge is -2.40. The molecule has 0 aliphatic carbocycles. The van der Waals surface area contributed by atoms with Crippen LogP contribution in [0.25, 0.3) is 0 Å². The molecule has 0 aromatic carbocycles. The van der Waals surface area contributed by atoms with Gasteiger partial charge in [-0.05, 0) is 66.0 Å². The van der Waals surface area contributed by atoms with Crippen LogP contribution in [0.2, 0.25) is 0 Å². The lowest BCUT2D eigenvalue weighted by molar-refractivity contribution is -0.120. The Bertz CT molecular complexity index is 878. The third-order valence-corrected chi connectivity index (χ3v) is 7.68. The fourth-order valence-corrected chi connectivity index (χ4v) is 5.86. The summed E-state index contributed by atoms with van der Waals surface area (Å²) in [6.07, 6.45) is 4.22. The highest BCUT2D eigenvalue weighted by atomic mass is 32.1. The van der Waals surface area contributed by atoms with Gasteiger partial charge in [0.15, 0.2) is 0 Å². The molecule has 6 nitrogen and oxygen atoms in total. The summed E-state index contributed by atoms with van der Waals surface area (Å²) in [5.41, 5.74) is 3.42. The standard InChI is InChI=1S/C24H36N4O2S/c1-7-28(19-8-10-27(11-9-19)15(2)3)24-18(6)21(14-31-24)22(29)25-13-20-16(4)12-17(5)26-23(20)30/h12,14-15,19-20H,7-11,13H2,1-6H3,(H,25,29). The summed E-state index contributed by atoms with van der Waals surface area (Å²) in [6, 6.07) is 1.11. The van der Waals surface area contributed by atoms with Crippen molar-refractivity contribution in [2.45, 2.75) is 66.5 Å². The first-order chi connectivity index (χ1) is 14.7. The molecule has 1 unspecified atom stereocenters. The van der Waals surface area contributed by atoms with E-state index in [1.165, 1.54) is 5.00 Å². The van der Waals surface area contributed by atoms with Gasteiger partial charge in [-0.3, -0.25) is 9.59 Å². The Labute approximate surface area is 190 Å². The number of dihydropyridines is 1. The summed E-state index contributed by atoms with van der Waals surface area (Å²) in [5.74, 6) is -0.660. The fourth-order valence-electron chi connectivity index (χ4n) is 4.64. The van der Waals surface area contributed by atoms with Crippen LogP contribution >= 0.6 is 11.3 Å². The Morgan fingerprint density at radius 3 is 2.55 bits per heavy atom. The average Bonchev–Trinajstić information content (AvgIpc) is 3.09. The molecule has 7 heteroatoms. The number of nitrogens with one attached hydrogen (secondary N) is 1. The summed E-state index contributed by atoms with van der Waals surface area (Å²) < 4.78 is 0. The van der Waals surface area contributed by atoms with Crippen molar-refractivity contribution in [3.8, 4) is 0 Å². The van der Waals surface area contributed by atoms with Crippen LogP contribution in [0.3, 0.4) is 0 Å². The Morgan fingerprint density at radius 1 is 1.29 bits per heavy atom. The third kappa shape index (κ3) is 5.26. The maximum atomic E-state index is 12.9. The van der Waals surface area contributed by atoms with Crippen LogP contribution in [-0.2, 0) is 4.79 Å². The molecular weight excluding hydrogens is 408 g/mol. The van der Waals surface area contributed by atoms with Crippen LogP contribution in [0, 0.1) is 12.8 Å². The van der Waals surface area contributed by atoms with Crippen LogP contribution in [0.1, 0.15) is 63.4 Å². The van der Waals surface area contributed by atoms with Crippen molar-refractivity contribution in [3.63, 3.8) is 0 Å². The zero-order valence-electron chi connectivity index (χ0n) is 19.7. The smallest absolute Gasteiger partial charge is 0.254 e. The monoisotopic (exact) mass is 444 g/mol. The number of thiophene rings is 1. The first-order valence-electron chi connectivity index (χ1n) is 11.4. The van der Waals surface area contributed by atoms with Gasteiger partial charge in [0.05, 0.1) is 16.5 Å². The van der Waals surface area contributed by atoms with Gasteiger partial charge in [0.25, 0.3) is 11.8 Å². The lowest BCUT2D eigenvalue weighted by Crippen LogP contribution is -2.47. The quantitative estimate of drug-likeness (QED) is 0.689. The molecule has 1 aromatic heterocycles. The summed E-state index contributed by atoms with van der Waals surface area (Å²) in [7, 11) is 0. The summed E-state index contributed by atoms with van der Waals surface area (Å²) in [5, 5.41) is 6.12. The number of nitrogens with zero attached hydrogens (tertiary/aromatic N) is 3. The van der Waals surface area contributed by atoms with Crippen molar-refractivity contribution < 1.29 is 9.59 Å². The van der Waals surface area contributed by atoms with E-state index in [0.29, 0.717) is 17.6 Å². The maximum absolute atomic E-state index is 12.9. The van der Waals surface area contributed by atoms with Crippen LogP contribution in [0.5, 0.6) is 0 Å². The number of carbonyl (C=O) groups is 2. The number of allylic oxidation sites excluding steroid dienone is 1. The first kappa shape index (κ1) is 23.7. The van der Waals surface area contributed by atoms with Gasteiger partial charge < -0.3 is 15.1 Å². The Balaban J connectivity index is 1.65. The van der Waals surface area contributed by atoms with Crippen molar-refractivity contribution in [3.05, 3.63) is 28.2 Å². The molecule has 1 N–H and O–H groups in total. The lowest BCUT2D eigenvalue weighted by atomic mass is 9.95. The Morgan fingerprint density at radius 2 is 1.97 bits per heavy atom. The number of anilines is 1. The van der Waals surface area contributed by atoms with Crippen molar-refractivity contribution in [2.75, 3.05) is 31.1 Å². The molecule has 2 amide bonds. The maximum Gasteiger partial charge on any atom is 0.254 e. The molecule has 0 spiro atoms. The largest absolute Gasteiger partial charge is 0.360 e. The summed E-state index contributed by atoms with van der Waals surface area (Å²) in [4.78, 5) is 34.2. The van der Waals surface area contributed by atoms with E-state index in [-0.39, 0.29) is 24.3 Å². The number of aliphatic imine (C=N–C) groups is 1. The molecule has 2 aliphatic rings. The van der Waals surface area contributed by atoms with Crippen LogP contribution in [-0.4, -0.2) is 60.7 Å². The van der Waals surface area contributed by atoms with E-state index in [9.17, 15) is 9.59 Å². The Kier molecular flexibility index (Phi) is 7.70. The topological polar surface area (TPSA) is 65.0 Å². The van der Waals surface area contributed by atoms with E-state index in [1.54, 1.807) is 11.3 Å². The minimum absolute atomic E-state index is 0.113. The van der Waals surface area contributed by atoms with Gasteiger partial charge in [0.2, 0.25) is 0 Å². The number of carbonyl (C=O) groups excluding carboxylic acids is 2. The number of rotatable bonds is 7. The SMILES string of the molecule is CCN(c1scc(C(=O)NCC2C(=O)N=C(C)C=C2C)c1C)C1CCN(C(C)C)CC1. The average molecular weight is 445 g/mol. The number of piperidine rings is 1. The second-order valence-electron chi connectivity index (χ2n) is 8.97. The third-order valence-electron chi connectivity index (χ3n) is 6.57. The molecular formula is C24H36N4O2S. The molecule has 0 saturated carbocycles. The number of hydrogen-bond acceptors (Lipinski definition) is 5. The van der Waals surface area contributed by atoms with Gasteiger partial charge in [0.1, 0.15) is 0 Å². The molecule has 3 rings (SSSR count). The zero-order chi connectivity index (χ0) is 22.7. The van der Waals surface area contributed by atoms with Gasteiger partial charge in [-0.25, -0.2) is 4.99 Å². The zero-order valence-corrected chi connectivity index (χ0v) is 20.5. The number of likely N-dealkylation sites (tertiary alicyclic amines) is 1. The van der Waals surface area contributed by atoms with Gasteiger partial charge in [-0.2, -0.15) is 0 Å². The molecule has 1 saturated heterocycles. The predicted molar refractivity (Wildman–Crippen MR) is 130 cm³/mol. The summed E-state index contributed by atoms with van der Waals surface area (Å²) in [6.45, 7) is 16.0. The fraction of sp³-hybridized carbons (Fsp3) is 0.625. The normalized spacial score (nSPS) is 20.6. The highest BCUT2D eigenvalue weighted by Gasteiger charge is 2.29. The van der Waals surface area contributed by atoms with Crippen molar-refractivity contribution in [2.24, 2.45) is 10.9 Å². The van der Waals surface area contributed by atoms with E-state index in [1.807, 2.05) is 32.2 Å². The predicted octanol–water partition coefficient (Wildman–Crippen LogP) is 4.05.